The van der Waals surface area contributed by atoms with Crippen LogP contribution in [0.25, 0.3) is 0 Å². The molecule has 0 amide bonds. The molecule has 0 bridgehead atoms. The molecule has 5 heteroatoms. The molecule has 1 aliphatic rings. The normalized spacial score (nSPS) is 14.0. The molecule has 1 aliphatic heterocycles. The lowest BCUT2D eigenvalue weighted by atomic mass is 10.2. The van der Waals surface area contributed by atoms with Gasteiger partial charge in [0.2, 0.25) is 0 Å². The Morgan fingerprint density at radius 3 is 2.52 bits per heavy atom. The van der Waals surface area contributed by atoms with E-state index in [-0.39, 0.29) is 0 Å². The number of aromatic nitrogens is 1. The van der Waals surface area contributed by atoms with Crippen molar-refractivity contribution in [3.63, 3.8) is 0 Å². The lowest BCUT2D eigenvalue weighted by Gasteiger charge is -2.17. The van der Waals surface area contributed by atoms with Gasteiger partial charge in [-0.2, -0.15) is 5.26 Å². The van der Waals surface area contributed by atoms with Crippen LogP contribution in [0, 0.1) is 11.3 Å². The van der Waals surface area contributed by atoms with Gasteiger partial charge in [-0.25, -0.2) is 4.98 Å². The zero-order valence-electron chi connectivity index (χ0n) is 11.5. The van der Waals surface area contributed by atoms with Crippen LogP contribution in [0.5, 0.6) is 0 Å². The van der Waals surface area contributed by atoms with Crippen molar-refractivity contribution in [1.29, 1.82) is 5.26 Å². The van der Waals surface area contributed by atoms with E-state index in [0.717, 1.165) is 18.8 Å². The summed E-state index contributed by atoms with van der Waals surface area (Å²) in [6.07, 6.45) is 2.53. The SMILES string of the molecule is N#Cc1cc(Cl)nc(Nc2ccc(N3CCCC3)cc2)c1. The van der Waals surface area contributed by atoms with E-state index in [1.165, 1.54) is 18.5 Å². The van der Waals surface area contributed by atoms with Crippen LogP contribution in [0.3, 0.4) is 0 Å². The van der Waals surface area contributed by atoms with Crippen LogP contribution in [0.1, 0.15) is 18.4 Å². The first-order valence-electron chi connectivity index (χ1n) is 6.94. The number of rotatable bonds is 3. The van der Waals surface area contributed by atoms with Crippen LogP contribution in [0.15, 0.2) is 36.4 Å². The summed E-state index contributed by atoms with van der Waals surface area (Å²) >= 11 is 5.90. The summed E-state index contributed by atoms with van der Waals surface area (Å²) in [5, 5.41) is 12.4. The van der Waals surface area contributed by atoms with Gasteiger partial charge in [-0.3, -0.25) is 0 Å². The molecule has 0 unspecified atom stereocenters. The molecule has 1 fully saturated rings. The Balaban J connectivity index is 1.76. The number of anilines is 3. The molecule has 2 aromatic rings. The number of halogens is 1. The second-order valence-electron chi connectivity index (χ2n) is 5.04. The minimum atomic E-state index is 0.310. The second-order valence-corrected chi connectivity index (χ2v) is 5.43. The van der Waals surface area contributed by atoms with Crippen molar-refractivity contribution in [1.82, 2.24) is 4.98 Å². The van der Waals surface area contributed by atoms with Crippen LogP contribution in [-0.4, -0.2) is 18.1 Å². The average Bonchev–Trinajstić information content (AvgIpc) is 3.01. The lowest BCUT2D eigenvalue weighted by Crippen LogP contribution is -2.17. The molecule has 1 aromatic heterocycles. The Labute approximate surface area is 129 Å². The first-order chi connectivity index (χ1) is 10.2. The van der Waals surface area contributed by atoms with E-state index in [2.05, 4.69) is 33.4 Å². The maximum Gasteiger partial charge on any atom is 0.133 e. The molecule has 21 heavy (non-hydrogen) atoms. The fourth-order valence-corrected chi connectivity index (χ4v) is 2.71. The van der Waals surface area contributed by atoms with Gasteiger partial charge in [-0.15, -0.1) is 0 Å². The third-order valence-electron chi connectivity index (χ3n) is 3.53. The number of nitriles is 1. The lowest BCUT2D eigenvalue weighted by molar-refractivity contribution is 0.949. The summed E-state index contributed by atoms with van der Waals surface area (Å²) in [7, 11) is 0. The van der Waals surface area contributed by atoms with E-state index >= 15 is 0 Å². The van der Waals surface area contributed by atoms with Crippen molar-refractivity contribution in [2.75, 3.05) is 23.3 Å². The largest absolute Gasteiger partial charge is 0.372 e. The topological polar surface area (TPSA) is 52.0 Å². The third kappa shape index (κ3) is 3.26. The smallest absolute Gasteiger partial charge is 0.133 e. The maximum absolute atomic E-state index is 8.94. The van der Waals surface area contributed by atoms with Crippen molar-refractivity contribution in [2.24, 2.45) is 0 Å². The van der Waals surface area contributed by atoms with Crippen molar-refractivity contribution in [2.45, 2.75) is 12.8 Å². The highest BCUT2D eigenvalue weighted by Gasteiger charge is 2.11. The summed E-state index contributed by atoms with van der Waals surface area (Å²) < 4.78 is 0. The molecule has 2 heterocycles. The molecule has 0 atom stereocenters. The van der Waals surface area contributed by atoms with Gasteiger partial charge in [0, 0.05) is 24.5 Å². The Hall–Kier alpha value is -2.25. The highest BCUT2D eigenvalue weighted by Crippen LogP contribution is 2.24. The molecule has 0 spiro atoms. The Bertz CT molecular complexity index is 670. The molecule has 106 valence electrons. The third-order valence-corrected chi connectivity index (χ3v) is 3.73. The molecule has 1 aromatic carbocycles. The van der Waals surface area contributed by atoms with Gasteiger partial charge in [-0.1, -0.05) is 11.6 Å². The maximum atomic E-state index is 8.94. The van der Waals surface area contributed by atoms with Gasteiger partial charge >= 0.3 is 0 Å². The molecule has 0 saturated carbocycles. The van der Waals surface area contributed by atoms with E-state index in [9.17, 15) is 0 Å². The Kier molecular flexibility index (Phi) is 3.94. The van der Waals surface area contributed by atoms with Crippen LogP contribution in [-0.2, 0) is 0 Å². The summed E-state index contributed by atoms with van der Waals surface area (Å²) in [6.45, 7) is 2.27. The first-order valence-corrected chi connectivity index (χ1v) is 7.32. The standard InChI is InChI=1S/C16H15ClN4/c17-15-9-12(11-18)10-16(20-15)19-13-3-5-14(6-4-13)21-7-1-2-8-21/h3-6,9-10H,1-2,7-8H2,(H,19,20). The van der Waals surface area contributed by atoms with E-state index in [4.69, 9.17) is 16.9 Å². The molecular formula is C16H15ClN4. The van der Waals surface area contributed by atoms with Gasteiger partial charge < -0.3 is 10.2 Å². The summed E-state index contributed by atoms with van der Waals surface area (Å²) in [5.41, 5.74) is 2.66. The predicted octanol–water partition coefficient (Wildman–Crippen LogP) is 3.95. The van der Waals surface area contributed by atoms with Crippen LogP contribution in [0.4, 0.5) is 17.2 Å². The van der Waals surface area contributed by atoms with Gasteiger partial charge in [0.25, 0.3) is 0 Å². The van der Waals surface area contributed by atoms with Gasteiger partial charge in [0.15, 0.2) is 0 Å². The molecule has 1 N–H and O–H groups in total. The Morgan fingerprint density at radius 1 is 1.14 bits per heavy atom. The second kappa shape index (κ2) is 6.02. The zero-order valence-corrected chi connectivity index (χ0v) is 12.3. The number of nitrogens with one attached hydrogen (secondary N) is 1. The number of hydrogen-bond acceptors (Lipinski definition) is 4. The van der Waals surface area contributed by atoms with Crippen molar-refractivity contribution < 1.29 is 0 Å². The van der Waals surface area contributed by atoms with Crippen LogP contribution < -0.4 is 10.2 Å². The fraction of sp³-hybridized carbons (Fsp3) is 0.250. The van der Waals surface area contributed by atoms with E-state index in [1.807, 2.05) is 12.1 Å². The van der Waals surface area contributed by atoms with Crippen molar-refractivity contribution in [3.8, 4) is 6.07 Å². The molecule has 1 saturated heterocycles. The monoisotopic (exact) mass is 298 g/mol. The van der Waals surface area contributed by atoms with Gasteiger partial charge in [0.05, 0.1) is 11.6 Å². The first kappa shape index (κ1) is 13.7. The van der Waals surface area contributed by atoms with E-state index in [0.29, 0.717) is 16.5 Å². The highest BCUT2D eigenvalue weighted by molar-refractivity contribution is 6.29. The molecular weight excluding hydrogens is 284 g/mol. The number of benzene rings is 1. The van der Waals surface area contributed by atoms with Gasteiger partial charge in [-0.05, 0) is 49.2 Å². The predicted molar refractivity (Wildman–Crippen MR) is 85.1 cm³/mol. The minimum Gasteiger partial charge on any atom is -0.372 e. The van der Waals surface area contributed by atoms with Crippen molar-refractivity contribution >= 4 is 28.8 Å². The molecule has 0 radical (unpaired) electrons. The van der Waals surface area contributed by atoms with Crippen molar-refractivity contribution in [3.05, 3.63) is 47.1 Å². The van der Waals surface area contributed by atoms with Crippen LogP contribution >= 0.6 is 11.6 Å². The number of hydrogen-bond donors (Lipinski definition) is 1. The minimum absolute atomic E-state index is 0.310. The Morgan fingerprint density at radius 2 is 1.86 bits per heavy atom. The number of nitrogens with zero attached hydrogens (tertiary/aromatic N) is 3. The fourth-order valence-electron chi connectivity index (χ4n) is 2.50. The summed E-state index contributed by atoms with van der Waals surface area (Å²) in [5.74, 6) is 0.577. The van der Waals surface area contributed by atoms with E-state index in [1.54, 1.807) is 12.1 Å². The highest BCUT2D eigenvalue weighted by atomic mass is 35.5. The average molecular weight is 299 g/mol. The molecule has 0 aliphatic carbocycles. The molecule has 3 rings (SSSR count). The quantitative estimate of drug-likeness (QED) is 0.872. The van der Waals surface area contributed by atoms with Gasteiger partial charge in [0.1, 0.15) is 11.0 Å². The van der Waals surface area contributed by atoms with Crippen LogP contribution in [0.2, 0.25) is 5.15 Å². The summed E-state index contributed by atoms with van der Waals surface area (Å²) in [6, 6.07) is 13.5. The zero-order chi connectivity index (χ0) is 14.7. The van der Waals surface area contributed by atoms with E-state index < -0.39 is 0 Å². The summed E-state index contributed by atoms with van der Waals surface area (Å²) in [4.78, 5) is 6.55. The molecule has 4 nitrogen and oxygen atoms in total. The number of pyridine rings is 1.